The quantitative estimate of drug-likeness (QED) is 0.159. The SMILES string of the molecule is CC(C)Oc1c(Cl)cc(C=Nn2c(-c3cc4ccccc4o3)nc3ccccc3c2=O)cc1[N+](=O)[O-]. The maximum atomic E-state index is 13.4. The molecule has 0 amide bonds. The molecule has 2 aromatic heterocycles. The van der Waals surface area contributed by atoms with Gasteiger partial charge >= 0.3 is 5.69 Å². The molecule has 5 aromatic rings. The van der Waals surface area contributed by atoms with E-state index in [9.17, 15) is 14.9 Å². The molecule has 10 heteroatoms. The van der Waals surface area contributed by atoms with Gasteiger partial charge in [-0.05, 0) is 44.2 Å². The number of ether oxygens (including phenoxy) is 1. The number of benzene rings is 3. The molecule has 2 heterocycles. The zero-order valence-corrected chi connectivity index (χ0v) is 20.0. The van der Waals surface area contributed by atoms with Crippen molar-refractivity contribution in [3.63, 3.8) is 0 Å². The largest absolute Gasteiger partial charge is 0.483 e. The molecule has 0 spiro atoms. The van der Waals surface area contributed by atoms with Crippen LogP contribution in [0.5, 0.6) is 5.75 Å². The number of rotatable bonds is 6. The van der Waals surface area contributed by atoms with Gasteiger partial charge in [0.05, 0.1) is 33.2 Å². The third-order valence-electron chi connectivity index (χ3n) is 5.32. The number of nitro groups is 1. The van der Waals surface area contributed by atoms with E-state index in [1.807, 2.05) is 24.3 Å². The van der Waals surface area contributed by atoms with Crippen molar-refractivity contribution in [2.45, 2.75) is 20.0 Å². The fourth-order valence-corrected chi connectivity index (χ4v) is 4.04. The molecule has 180 valence electrons. The van der Waals surface area contributed by atoms with Gasteiger partial charge in [-0.3, -0.25) is 14.9 Å². The van der Waals surface area contributed by atoms with Crippen LogP contribution in [0.15, 0.2) is 81.0 Å². The van der Waals surface area contributed by atoms with Crippen LogP contribution in [0.3, 0.4) is 0 Å². The second-order valence-corrected chi connectivity index (χ2v) is 8.64. The van der Waals surface area contributed by atoms with Crippen LogP contribution in [0, 0.1) is 10.1 Å². The van der Waals surface area contributed by atoms with Crippen LogP contribution in [0.4, 0.5) is 5.69 Å². The summed E-state index contributed by atoms with van der Waals surface area (Å²) in [7, 11) is 0. The van der Waals surface area contributed by atoms with Crippen LogP contribution >= 0.6 is 11.6 Å². The van der Waals surface area contributed by atoms with Crippen molar-refractivity contribution in [2.75, 3.05) is 0 Å². The molecule has 0 unspecified atom stereocenters. The number of halogens is 1. The van der Waals surface area contributed by atoms with E-state index in [-0.39, 0.29) is 28.4 Å². The van der Waals surface area contributed by atoms with E-state index in [1.165, 1.54) is 18.3 Å². The van der Waals surface area contributed by atoms with E-state index >= 15 is 0 Å². The number of hydrogen-bond donors (Lipinski definition) is 0. The van der Waals surface area contributed by atoms with Crippen LogP contribution in [-0.4, -0.2) is 26.9 Å². The minimum absolute atomic E-state index is 0.0266. The summed E-state index contributed by atoms with van der Waals surface area (Å²) in [6.07, 6.45) is 0.997. The predicted molar refractivity (Wildman–Crippen MR) is 138 cm³/mol. The Bertz CT molecular complexity index is 1690. The molecule has 0 aliphatic heterocycles. The van der Waals surface area contributed by atoms with Gasteiger partial charge < -0.3 is 9.15 Å². The Hall–Kier alpha value is -4.50. The molecule has 5 rings (SSSR count). The topological polar surface area (TPSA) is 113 Å². The normalized spacial score (nSPS) is 11.7. The van der Waals surface area contributed by atoms with Crippen LogP contribution < -0.4 is 10.3 Å². The molecular formula is C26H19ClN4O5. The lowest BCUT2D eigenvalue weighted by atomic mass is 10.2. The monoisotopic (exact) mass is 502 g/mol. The molecule has 0 aliphatic carbocycles. The van der Waals surface area contributed by atoms with Gasteiger partial charge in [0, 0.05) is 17.0 Å². The Morgan fingerprint density at radius 2 is 1.89 bits per heavy atom. The lowest BCUT2D eigenvalue weighted by molar-refractivity contribution is -0.386. The lowest BCUT2D eigenvalue weighted by Crippen LogP contribution is -2.20. The zero-order valence-electron chi connectivity index (χ0n) is 19.2. The fraction of sp³-hybridized carbons (Fsp3) is 0.115. The summed E-state index contributed by atoms with van der Waals surface area (Å²) in [6, 6.07) is 18.9. The number of nitrogens with zero attached hydrogens (tertiary/aromatic N) is 4. The summed E-state index contributed by atoms with van der Waals surface area (Å²) in [4.78, 5) is 29.1. The molecule has 36 heavy (non-hydrogen) atoms. The number of para-hydroxylation sites is 2. The smallest absolute Gasteiger partial charge is 0.313 e. The van der Waals surface area contributed by atoms with Gasteiger partial charge in [-0.1, -0.05) is 41.9 Å². The van der Waals surface area contributed by atoms with Gasteiger partial charge in [-0.25, -0.2) is 4.98 Å². The maximum Gasteiger partial charge on any atom is 0.313 e. The number of fused-ring (bicyclic) bond motifs is 2. The second-order valence-electron chi connectivity index (χ2n) is 8.24. The summed E-state index contributed by atoms with van der Waals surface area (Å²) in [5, 5.41) is 17.2. The first-order valence-corrected chi connectivity index (χ1v) is 11.4. The molecule has 0 radical (unpaired) electrons. The number of furan rings is 1. The average Bonchev–Trinajstić information content (AvgIpc) is 3.28. The first-order chi connectivity index (χ1) is 17.3. The van der Waals surface area contributed by atoms with E-state index in [1.54, 1.807) is 44.2 Å². The highest BCUT2D eigenvalue weighted by molar-refractivity contribution is 6.32. The minimum atomic E-state index is -0.579. The third-order valence-corrected chi connectivity index (χ3v) is 5.60. The minimum Gasteiger partial charge on any atom is -0.483 e. The van der Waals surface area contributed by atoms with Gasteiger partial charge in [0.1, 0.15) is 5.58 Å². The van der Waals surface area contributed by atoms with E-state index in [2.05, 4.69) is 10.1 Å². The Morgan fingerprint density at radius 3 is 2.64 bits per heavy atom. The van der Waals surface area contributed by atoms with Crippen LogP contribution in [-0.2, 0) is 0 Å². The van der Waals surface area contributed by atoms with Crippen LogP contribution in [0.2, 0.25) is 5.02 Å². The van der Waals surface area contributed by atoms with E-state index < -0.39 is 10.5 Å². The third kappa shape index (κ3) is 4.32. The molecule has 0 bridgehead atoms. The highest BCUT2D eigenvalue weighted by Crippen LogP contribution is 2.36. The standard InChI is InChI=1S/C26H19ClN4O5/c1-15(2)35-24-19(27)11-16(12-21(24)31(33)34)14-28-30-25(23-13-17-7-3-6-10-22(17)36-23)29-20-9-5-4-8-18(20)26(30)32/h3-15H,1-2H3. The molecule has 0 N–H and O–H groups in total. The van der Waals surface area contributed by atoms with E-state index in [0.29, 0.717) is 27.8 Å². The highest BCUT2D eigenvalue weighted by Gasteiger charge is 2.22. The zero-order chi connectivity index (χ0) is 25.4. The summed E-state index contributed by atoms with van der Waals surface area (Å²) in [6.45, 7) is 3.49. The highest BCUT2D eigenvalue weighted by atomic mass is 35.5. The van der Waals surface area contributed by atoms with Crippen molar-refractivity contribution in [1.82, 2.24) is 9.66 Å². The van der Waals surface area contributed by atoms with E-state index in [0.717, 1.165) is 10.1 Å². The van der Waals surface area contributed by atoms with Crippen LogP contribution in [0.1, 0.15) is 19.4 Å². The molecule has 0 saturated heterocycles. The Balaban J connectivity index is 1.68. The summed E-state index contributed by atoms with van der Waals surface area (Å²) >= 11 is 6.30. The molecule has 0 saturated carbocycles. The number of aromatic nitrogens is 2. The Morgan fingerprint density at radius 1 is 1.14 bits per heavy atom. The lowest BCUT2D eigenvalue weighted by Gasteiger charge is -2.12. The van der Waals surface area contributed by atoms with Gasteiger partial charge in [0.15, 0.2) is 5.76 Å². The van der Waals surface area contributed by atoms with Gasteiger partial charge in [0.25, 0.3) is 5.56 Å². The molecule has 0 atom stereocenters. The van der Waals surface area contributed by atoms with Crippen molar-refractivity contribution < 1.29 is 14.1 Å². The molecule has 0 fully saturated rings. The van der Waals surface area contributed by atoms with Crippen molar-refractivity contribution >= 4 is 45.4 Å². The van der Waals surface area contributed by atoms with Crippen molar-refractivity contribution in [3.05, 3.63) is 97.8 Å². The summed E-state index contributed by atoms with van der Waals surface area (Å²) in [5.74, 6) is 0.508. The van der Waals surface area contributed by atoms with Crippen molar-refractivity contribution in [2.24, 2.45) is 5.10 Å². The maximum absolute atomic E-state index is 13.4. The predicted octanol–water partition coefficient (Wildman–Crippen LogP) is 6.04. The van der Waals surface area contributed by atoms with E-state index in [4.69, 9.17) is 20.8 Å². The van der Waals surface area contributed by atoms with Crippen molar-refractivity contribution in [1.29, 1.82) is 0 Å². The summed E-state index contributed by atoms with van der Waals surface area (Å²) in [5.41, 5.74) is 0.692. The van der Waals surface area contributed by atoms with Gasteiger partial charge in [-0.15, -0.1) is 0 Å². The number of hydrogen-bond acceptors (Lipinski definition) is 7. The van der Waals surface area contributed by atoms with Gasteiger partial charge in [-0.2, -0.15) is 9.78 Å². The Labute approximate surface area is 209 Å². The number of nitro benzene ring substituents is 1. The molecular weight excluding hydrogens is 484 g/mol. The first-order valence-electron chi connectivity index (χ1n) is 11.0. The molecule has 0 aliphatic rings. The molecule has 9 nitrogen and oxygen atoms in total. The Kier molecular flexibility index (Phi) is 5.99. The first kappa shape index (κ1) is 23.3. The summed E-state index contributed by atoms with van der Waals surface area (Å²) < 4.78 is 12.6. The van der Waals surface area contributed by atoms with Crippen molar-refractivity contribution in [3.8, 4) is 17.3 Å². The van der Waals surface area contributed by atoms with Gasteiger partial charge in [0.2, 0.25) is 11.6 Å². The van der Waals surface area contributed by atoms with Crippen LogP contribution in [0.25, 0.3) is 33.5 Å². The fourth-order valence-electron chi connectivity index (χ4n) is 3.77. The molecule has 3 aromatic carbocycles. The average molecular weight is 503 g/mol. The second kappa shape index (κ2) is 9.27.